The lowest BCUT2D eigenvalue weighted by Crippen LogP contribution is -2.36. The molecule has 5 rings (SSSR count). The van der Waals surface area contributed by atoms with Crippen LogP contribution in [-0.2, 0) is 40.1 Å². The van der Waals surface area contributed by atoms with Gasteiger partial charge in [-0.15, -0.1) is 0 Å². The van der Waals surface area contributed by atoms with E-state index >= 15 is 0 Å². The van der Waals surface area contributed by atoms with Crippen molar-refractivity contribution < 1.29 is 41.6 Å². The number of carbonyl (C=O) groups is 4. The summed E-state index contributed by atoms with van der Waals surface area (Å²) in [7, 11) is 0.877. The van der Waals surface area contributed by atoms with Gasteiger partial charge < -0.3 is 38.8 Å². The van der Waals surface area contributed by atoms with E-state index in [0.29, 0.717) is 36.8 Å². The van der Waals surface area contributed by atoms with Crippen LogP contribution in [0.5, 0.6) is 0 Å². The third kappa shape index (κ3) is 13.7. The highest BCUT2D eigenvalue weighted by atomic mass is 31.2. The number of aromatic nitrogens is 1. The van der Waals surface area contributed by atoms with Crippen molar-refractivity contribution >= 4 is 48.7 Å². The van der Waals surface area contributed by atoms with Gasteiger partial charge >= 0.3 is 13.3 Å². The highest BCUT2D eigenvalue weighted by molar-refractivity contribution is 7.54. The van der Waals surface area contributed by atoms with Crippen molar-refractivity contribution in [3.05, 3.63) is 102 Å². The van der Waals surface area contributed by atoms with Gasteiger partial charge in [-0.2, -0.15) is 8.78 Å². The smallest absolute Gasteiger partial charge is 0.378 e. The average Bonchev–Trinajstić information content (AvgIpc) is 3.91. The normalized spacial score (nSPS) is 12.2. The van der Waals surface area contributed by atoms with E-state index in [0.717, 1.165) is 37.6 Å². The number of hydrogen-bond donors (Lipinski definition) is 2. The van der Waals surface area contributed by atoms with Gasteiger partial charge in [0.2, 0.25) is 11.8 Å². The summed E-state index contributed by atoms with van der Waals surface area (Å²) in [5.74, 6) is -0.0924. The Hall–Kier alpha value is -4.91. The number of alkyl halides is 2. The largest absolute Gasteiger partial charge is 0.404 e. The van der Waals surface area contributed by atoms with Gasteiger partial charge in [0.15, 0.2) is 0 Å². The summed E-state index contributed by atoms with van der Waals surface area (Å²) in [5.41, 5.74) is -1.29. The molecule has 3 aromatic carbocycles. The first-order valence-corrected chi connectivity index (χ1v) is 20.1. The molecule has 0 atom stereocenters. The maximum atomic E-state index is 14.7. The Morgan fingerprint density at radius 2 is 1.46 bits per heavy atom. The van der Waals surface area contributed by atoms with Crippen LogP contribution in [0.1, 0.15) is 61.6 Å². The number of likely N-dealkylation sites (N-methyl/N-ethyl adjacent to an activating group) is 1. The third-order valence-electron chi connectivity index (χ3n) is 8.64. The molecule has 0 spiro atoms. The molecule has 306 valence electrons. The number of benzene rings is 3. The summed E-state index contributed by atoms with van der Waals surface area (Å²) < 4.78 is 51.5. The van der Waals surface area contributed by atoms with Crippen LogP contribution in [0.25, 0.3) is 10.9 Å². The summed E-state index contributed by atoms with van der Waals surface area (Å²) in [6.45, 7) is 9.49. The standard InChI is InChI=1S/C17H24N2O2.C15H19F2N2O4P.C8H11N.CH2O/c1-2-18(13-10-16(20)19-11-6-7-12-19)17(21)14-15-8-4-3-5-9-15;1-4-22-24(21,23-5-2)15(16,17)11-6-7-12-10(8-11)9-13(19-12)14(20)18-3;1-9(2)8-6-4-3-5-7-8;1-2/h3-5,8-9H,2,6-7,10-14H2,1H3;6-9,19H,4-5H2,1-3H3,(H,18,20);3-7H,1-2H3;1H2. The predicted octanol–water partition coefficient (Wildman–Crippen LogP) is 7.50. The summed E-state index contributed by atoms with van der Waals surface area (Å²) in [6, 6.07) is 25.2. The number of H-pyrrole nitrogens is 1. The van der Waals surface area contributed by atoms with Crippen LogP contribution in [-0.4, -0.2) is 99.8 Å². The second-order valence-electron chi connectivity index (χ2n) is 12.6. The maximum absolute atomic E-state index is 14.7. The van der Waals surface area contributed by atoms with Crippen molar-refractivity contribution in [1.29, 1.82) is 0 Å². The minimum Gasteiger partial charge on any atom is -0.378 e. The van der Waals surface area contributed by atoms with Crippen molar-refractivity contribution in [3.8, 4) is 0 Å². The fourth-order valence-corrected chi connectivity index (χ4v) is 7.23. The number of para-hydroxylation sites is 1. The number of rotatable bonds is 14. The van der Waals surface area contributed by atoms with Crippen molar-refractivity contribution in [2.45, 2.75) is 52.1 Å². The molecular weight excluding hydrogens is 743 g/mol. The Morgan fingerprint density at radius 3 is 1.96 bits per heavy atom. The Labute approximate surface area is 329 Å². The number of hydrogen-bond acceptors (Lipinski definition) is 8. The van der Waals surface area contributed by atoms with Crippen molar-refractivity contribution in [1.82, 2.24) is 20.1 Å². The van der Waals surface area contributed by atoms with Crippen LogP contribution in [0.4, 0.5) is 14.5 Å². The second kappa shape index (κ2) is 23.9. The zero-order valence-corrected chi connectivity index (χ0v) is 34.2. The van der Waals surface area contributed by atoms with Gasteiger partial charge in [0.1, 0.15) is 12.5 Å². The van der Waals surface area contributed by atoms with Gasteiger partial charge in [-0.25, -0.2) is 0 Å². The molecule has 15 heteroatoms. The molecule has 12 nitrogen and oxygen atoms in total. The zero-order valence-electron chi connectivity index (χ0n) is 33.3. The summed E-state index contributed by atoms with van der Waals surface area (Å²) >= 11 is 0. The van der Waals surface area contributed by atoms with E-state index in [1.807, 2.05) is 81.2 Å². The summed E-state index contributed by atoms with van der Waals surface area (Å²) in [6.07, 6.45) is 3.06. The molecule has 4 aromatic rings. The number of aromatic amines is 1. The minimum absolute atomic E-state index is 0.0953. The average molecular weight is 800 g/mol. The SMILES string of the molecule is C=O.CCN(CCC(=O)N1CCCC1)C(=O)Cc1ccccc1.CCOP(=O)(OCC)C(F)(F)c1ccc2[nH]c(C(=O)NC)cc2c1.CN(C)c1ccccc1. The number of fused-ring (bicyclic) bond motifs is 1. The fourth-order valence-electron chi connectivity index (χ4n) is 5.70. The molecule has 0 bridgehead atoms. The highest BCUT2D eigenvalue weighted by Gasteiger charge is 2.54. The van der Waals surface area contributed by atoms with Crippen LogP contribution in [0.15, 0.2) is 84.9 Å². The van der Waals surface area contributed by atoms with E-state index < -0.39 is 18.8 Å². The predicted molar refractivity (Wildman–Crippen MR) is 217 cm³/mol. The van der Waals surface area contributed by atoms with Gasteiger partial charge in [0, 0.05) is 75.9 Å². The van der Waals surface area contributed by atoms with Gasteiger partial charge in [0.05, 0.1) is 19.6 Å². The minimum atomic E-state index is -4.66. The Kier molecular flexibility index (Phi) is 20.1. The molecule has 1 aliphatic rings. The van der Waals surface area contributed by atoms with Crippen LogP contribution >= 0.6 is 7.60 Å². The van der Waals surface area contributed by atoms with Crippen molar-refractivity contribution in [2.75, 3.05) is 65.4 Å². The van der Waals surface area contributed by atoms with Crippen LogP contribution in [0, 0.1) is 0 Å². The summed E-state index contributed by atoms with van der Waals surface area (Å²) in [4.78, 5) is 52.5. The van der Waals surface area contributed by atoms with E-state index in [1.165, 1.54) is 44.8 Å². The molecule has 0 unspecified atom stereocenters. The lowest BCUT2D eigenvalue weighted by Gasteiger charge is -2.26. The van der Waals surface area contributed by atoms with E-state index in [2.05, 4.69) is 27.3 Å². The first-order valence-electron chi connectivity index (χ1n) is 18.5. The van der Waals surface area contributed by atoms with E-state index in [-0.39, 0.29) is 36.6 Å². The van der Waals surface area contributed by atoms with Crippen molar-refractivity contribution in [2.24, 2.45) is 0 Å². The number of nitrogens with zero attached hydrogens (tertiary/aromatic N) is 3. The molecule has 3 amide bonds. The Bertz CT molecular complexity index is 1830. The Morgan fingerprint density at radius 1 is 0.893 bits per heavy atom. The maximum Gasteiger partial charge on any atom is 0.404 e. The number of halogens is 2. The van der Waals surface area contributed by atoms with E-state index in [1.54, 1.807) is 4.90 Å². The van der Waals surface area contributed by atoms with E-state index in [9.17, 15) is 27.7 Å². The summed E-state index contributed by atoms with van der Waals surface area (Å²) in [5, 5.41) is 2.84. The van der Waals surface area contributed by atoms with Crippen LogP contribution in [0.2, 0.25) is 0 Å². The third-order valence-corrected chi connectivity index (χ3v) is 10.8. The number of nitrogens with one attached hydrogen (secondary N) is 2. The molecule has 1 aromatic heterocycles. The monoisotopic (exact) mass is 799 g/mol. The number of carbonyl (C=O) groups excluding carboxylic acids is 4. The molecule has 1 fully saturated rings. The first-order chi connectivity index (χ1) is 26.8. The molecule has 0 aliphatic carbocycles. The van der Waals surface area contributed by atoms with Crippen LogP contribution in [0.3, 0.4) is 0 Å². The first kappa shape index (κ1) is 47.2. The highest BCUT2D eigenvalue weighted by Crippen LogP contribution is 2.66. The molecular formula is C41H56F2N5O7P. The lowest BCUT2D eigenvalue weighted by atomic mass is 10.1. The zero-order chi connectivity index (χ0) is 41.7. The number of anilines is 1. The van der Waals surface area contributed by atoms with E-state index in [4.69, 9.17) is 13.8 Å². The second-order valence-corrected chi connectivity index (χ2v) is 14.7. The molecule has 2 heterocycles. The molecule has 0 radical (unpaired) electrons. The molecule has 1 saturated heterocycles. The topological polar surface area (TPSA) is 141 Å². The van der Waals surface area contributed by atoms with Crippen molar-refractivity contribution in [3.63, 3.8) is 0 Å². The van der Waals surface area contributed by atoms with Gasteiger partial charge in [-0.3, -0.25) is 18.9 Å². The van der Waals surface area contributed by atoms with Gasteiger partial charge in [-0.05, 0) is 69.5 Å². The van der Waals surface area contributed by atoms with Gasteiger partial charge in [-0.1, -0.05) is 54.6 Å². The molecule has 0 saturated carbocycles. The number of likely N-dealkylation sites (tertiary alicyclic amines) is 1. The molecule has 56 heavy (non-hydrogen) atoms. The Balaban J connectivity index is 0.000000308. The molecule has 1 aliphatic heterocycles. The quantitative estimate of drug-likeness (QED) is 0.125. The lowest BCUT2D eigenvalue weighted by molar-refractivity contribution is -0.133. The number of amides is 3. The van der Waals surface area contributed by atoms with Crippen LogP contribution < -0.4 is 10.2 Å². The van der Waals surface area contributed by atoms with Gasteiger partial charge in [0.25, 0.3) is 5.91 Å². The fraction of sp³-hybridized carbons (Fsp3) is 0.415. The molecule has 2 N–H and O–H groups in total.